The second-order valence-electron chi connectivity index (χ2n) is 21.9. The molecule has 71 heavy (non-hydrogen) atoms. The van der Waals surface area contributed by atoms with Crippen LogP contribution in [0.4, 0.5) is 0 Å². The largest absolute Gasteiger partial charge is 0.465 e. The van der Waals surface area contributed by atoms with Gasteiger partial charge in [0.1, 0.15) is 23.0 Å². The van der Waals surface area contributed by atoms with E-state index in [0.29, 0.717) is 36.9 Å². The summed E-state index contributed by atoms with van der Waals surface area (Å²) in [5, 5.41) is 0. The molecule has 0 spiro atoms. The second-order valence-corrected chi connectivity index (χ2v) is 28.0. The van der Waals surface area contributed by atoms with Crippen molar-refractivity contribution in [3.63, 3.8) is 0 Å². The monoisotopic (exact) mass is 1060 g/mol. The number of benzene rings is 2. The Morgan fingerprint density at radius 2 is 0.859 bits per heavy atom. The highest BCUT2D eigenvalue weighted by atomic mass is 32.7. The molecule has 0 bridgehead atoms. The molecule has 2 atom stereocenters. The van der Waals surface area contributed by atoms with Crippen LogP contribution in [0.15, 0.2) is 48.5 Å². The number of carbonyl (C=O) groups excluding carboxylic acids is 2. The molecule has 0 aromatic heterocycles. The standard InChI is InChI=1S/C59H94O8P2S2/c1-5-7-9-11-13-25-43-62-57(60)45-70-68(66-55-33-23-21-31-53(55)47-27-17-15-18-28-47)64-51-39-35-49(36-40-51)59(3,4)50-37-41-52(42-38-50)65-69(71-46-58(61)63-44-26-14-12-10-8-6-2)67-56-34-24-22-32-54(56)48-29-19-16-20-30-48/h21-24,31-34,47-52H,5-20,25-30,35-46H2,1-4H3. The van der Waals surface area contributed by atoms with E-state index in [2.05, 4.69) is 76.2 Å². The molecule has 0 amide bonds. The van der Waals surface area contributed by atoms with Crippen molar-refractivity contribution >= 4 is 49.9 Å². The smallest absolute Gasteiger partial charge is 0.316 e. The van der Waals surface area contributed by atoms with Crippen LogP contribution in [0.5, 0.6) is 11.5 Å². The van der Waals surface area contributed by atoms with Gasteiger partial charge in [0.05, 0.1) is 25.4 Å². The van der Waals surface area contributed by atoms with E-state index in [1.54, 1.807) is 0 Å². The molecule has 2 unspecified atom stereocenters. The highest BCUT2D eigenvalue weighted by Gasteiger charge is 2.42. The van der Waals surface area contributed by atoms with Crippen molar-refractivity contribution < 1.29 is 37.2 Å². The molecule has 4 fully saturated rings. The van der Waals surface area contributed by atoms with Crippen molar-refractivity contribution in [1.29, 1.82) is 0 Å². The summed E-state index contributed by atoms with van der Waals surface area (Å²) in [7, 11) is -2.79. The van der Waals surface area contributed by atoms with Crippen LogP contribution in [-0.4, -0.2) is 48.9 Å². The molecule has 8 nitrogen and oxygen atoms in total. The number of hydrogen-bond donors (Lipinski definition) is 0. The first-order chi connectivity index (χ1) is 34.7. The molecule has 4 aliphatic carbocycles. The van der Waals surface area contributed by atoms with Crippen LogP contribution in [0.1, 0.15) is 243 Å². The minimum atomic E-state index is -1.39. The second kappa shape index (κ2) is 33.5. The summed E-state index contributed by atoms with van der Waals surface area (Å²) in [6.07, 6.45) is 35.3. The third kappa shape index (κ3) is 20.8. The maximum absolute atomic E-state index is 13.0. The van der Waals surface area contributed by atoms with Gasteiger partial charge in [-0.05, 0) is 142 Å². The van der Waals surface area contributed by atoms with Crippen molar-refractivity contribution in [1.82, 2.24) is 0 Å². The Bertz CT molecular complexity index is 1650. The molecule has 4 saturated carbocycles. The fourth-order valence-corrected chi connectivity index (χ4v) is 17.4. The number of unbranched alkanes of at least 4 members (excludes halogenated alkanes) is 10. The number of carbonyl (C=O) groups is 2. The van der Waals surface area contributed by atoms with Crippen LogP contribution in [0, 0.1) is 17.3 Å². The summed E-state index contributed by atoms with van der Waals surface area (Å²) < 4.78 is 38.9. The predicted molar refractivity (Wildman–Crippen MR) is 301 cm³/mol. The van der Waals surface area contributed by atoms with Crippen molar-refractivity contribution in [3.8, 4) is 11.5 Å². The molecular weight excluding hydrogens is 963 g/mol. The molecule has 0 heterocycles. The minimum Gasteiger partial charge on any atom is -0.465 e. The molecule has 0 N–H and O–H groups in total. The zero-order chi connectivity index (χ0) is 49.9. The summed E-state index contributed by atoms with van der Waals surface area (Å²) in [5.74, 6) is 4.26. The van der Waals surface area contributed by atoms with E-state index in [1.165, 1.54) is 149 Å². The Kier molecular flexibility index (Phi) is 27.7. The fourth-order valence-electron chi connectivity index (χ4n) is 11.8. The number of para-hydroxylation sites is 2. The van der Waals surface area contributed by atoms with E-state index >= 15 is 0 Å². The molecule has 4 aliphatic rings. The summed E-state index contributed by atoms with van der Waals surface area (Å²) in [6.45, 7) is 10.5. The first kappa shape index (κ1) is 58.7. The molecule has 0 radical (unpaired) electrons. The number of hydrogen-bond acceptors (Lipinski definition) is 10. The highest BCUT2D eigenvalue weighted by Crippen LogP contribution is 2.59. The van der Waals surface area contributed by atoms with E-state index in [0.717, 1.165) is 88.5 Å². The summed E-state index contributed by atoms with van der Waals surface area (Å²) in [4.78, 5) is 26.0. The lowest BCUT2D eigenvalue weighted by molar-refractivity contribution is -0.141. The van der Waals surface area contributed by atoms with Crippen molar-refractivity contribution in [3.05, 3.63) is 59.7 Å². The lowest BCUT2D eigenvalue weighted by Gasteiger charge is -2.46. The van der Waals surface area contributed by atoms with Gasteiger partial charge in [-0.3, -0.25) is 9.59 Å². The Morgan fingerprint density at radius 1 is 0.493 bits per heavy atom. The van der Waals surface area contributed by atoms with E-state index < -0.39 is 15.2 Å². The van der Waals surface area contributed by atoms with Crippen LogP contribution in [0.3, 0.4) is 0 Å². The normalized spacial score (nSPS) is 22.4. The molecule has 12 heteroatoms. The summed E-state index contributed by atoms with van der Waals surface area (Å²) >= 11 is 3.00. The first-order valence-electron chi connectivity index (χ1n) is 28.8. The van der Waals surface area contributed by atoms with Gasteiger partial charge < -0.3 is 27.6 Å². The van der Waals surface area contributed by atoms with Crippen LogP contribution in [0.2, 0.25) is 0 Å². The van der Waals surface area contributed by atoms with Crippen molar-refractivity contribution in [2.75, 3.05) is 24.7 Å². The minimum absolute atomic E-state index is 0.110. The lowest BCUT2D eigenvalue weighted by Crippen LogP contribution is -2.38. The van der Waals surface area contributed by atoms with Crippen molar-refractivity contribution in [2.24, 2.45) is 17.3 Å². The predicted octanol–water partition coefficient (Wildman–Crippen LogP) is 19.1. The van der Waals surface area contributed by atoms with Gasteiger partial charge in [0, 0.05) is 0 Å². The lowest BCUT2D eigenvalue weighted by atomic mass is 9.60. The van der Waals surface area contributed by atoms with E-state index in [9.17, 15) is 9.59 Å². The zero-order valence-electron chi connectivity index (χ0n) is 44.6. The number of rotatable bonds is 32. The Labute approximate surface area is 442 Å². The van der Waals surface area contributed by atoms with Gasteiger partial charge in [-0.1, -0.05) is 190 Å². The third-order valence-corrected chi connectivity index (χ3v) is 22.1. The molecule has 0 saturated heterocycles. The Hall–Kier alpha value is -1.54. The maximum Gasteiger partial charge on any atom is 0.316 e. The Balaban J connectivity index is 1.00. The first-order valence-corrected chi connectivity index (χ1v) is 34.3. The topological polar surface area (TPSA) is 89.5 Å². The van der Waals surface area contributed by atoms with Gasteiger partial charge >= 0.3 is 11.9 Å². The SMILES string of the molecule is CCCCCCCCOC(=O)CSP(Oc1ccccc1C1CCCCC1)OC1CCC(C(C)(C)C2CCC(OP(Oc3ccccc3C3CCCCC3)SCC(=O)OCCCCCCCC)CC2)CC1. The highest BCUT2D eigenvalue weighted by molar-refractivity contribution is 8.53. The number of esters is 2. The van der Waals surface area contributed by atoms with Gasteiger partial charge in [-0.2, -0.15) is 0 Å². The van der Waals surface area contributed by atoms with Gasteiger partial charge in [-0.25, -0.2) is 0 Å². The molecule has 400 valence electrons. The van der Waals surface area contributed by atoms with Crippen LogP contribution >= 0.6 is 37.9 Å². The molecule has 6 rings (SSSR count). The van der Waals surface area contributed by atoms with E-state index in [1.807, 2.05) is 0 Å². The molecule has 2 aromatic rings. The summed E-state index contributed by atoms with van der Waals surface area (Å²) in [5.41, 5.74) is 2.78. The molecule has 0 aliphatic heterocycles. The van der Waals surface area contributed by atoms with Gasteiger partial charge in [0.2, 0.25) is 0 Å². The van der Waals surface area contributed by atoms with Crippen molar-refractivity contribution in [2.45, 2.75) is 244 Å². The average molecular weight is 1060 g/mol. The van der Waals surface area contributed by atoms with E-state index in [4.69, 9.17) is 27.6 Å². The molecule has 2 aromatic carbocycles. The number of ether oxygens (including phenoxy) is 2. The average Bonchev–Trinajstić information content (AvgIpc) is 3.40. The molecular formula is C59H94O8P2S2. The van der Waals surface area contributed by atoms with E-state index in [-0.39, 0.29) is 41.1 Å². The zero-order valence-corrected chi connectivity index (χ0v) is 48.0. The van der Waals surface area contributed by atoms with Crippen LogP contribution in [-0.2, 0) is 28.1 Å². The van der Waals surface area contributed by atoms with Gasteiger partial charge in [-0.15, -0.1) is 0 Å². The summed E-state index contributed by atoms with van der Waals surface area (Å²) in [6, 6.07) is 17.1. The van der Waals surface area contributed by atoms with Gasteiger partial charge in [0.15, 0.2) is 0 Å². The quantitative estimate of drug-likeness (QED) is 0.0401. The fraction of sp³-hybridized carbons (Fsp3) is 0.763. The Morgan fingerprint density at radius 3 is 1.25 bits per heavy atom. The van der Waals surface area contributed by atoms with Crippen LogP contribution < -0.4 is 9.05 Å². The van der Waals surface area contributed by atoms with Crippen LogP contribution in [0.25, 0.3) is 0 Å². The maximum atomic E-state index is 13.0. The van der Waals surface area contributed by atoms with Gasteiger partial charge in [0.25, 0.3) is 15.2 Å². The third-order valence-electron chi connectivity index (χ3n) is 16.3.